The minimum atomic E-state index is -0.300. The number of pyridine rings is 1. The quantitative estimate of drug-likeness (QED) is 0.677. The Labute approximate surface area is 147 Å². The molecule has 0 radical (unpaired) electrons. The molecule has 2 fully saturated rings. The van der Waals surface area contributed by atoms with Gasteiger partial charge in [-0.1, -0.05) is 0 Å². The number of likely N-dealkylation sites (N-methyl/N-ethyl adjacent to an activating group) is 1. The zero-order valence-electron chi connectivity index (χ0n) is 14.6. The van der Waals surface area contributed by atoms with E-state index in [0.29, 0.717) is 31.3 Å². The first-order valence-electron chi connectivity index (χ1n) is 9.13. The Morgan fingerprint density at radius 2 is 2.16 bits per heavy atom. The fourth-order valence-electron chi connectivity index (χ4n) is 4.62. The van der Waals surface area contributed by atoms with E-state index >= 15 is 0 Å². The third-order valence-corrected chi connectivity index (χ3v) is 5.99. The molecule has 4 heterocycles. The van der Waals surface area contributed by atoms with Crippen molar-refractivity contribution >= 4 is 5.91 Å². The van der Waals surface area contributed by atoms with Crippen LogP contribution in [0.3, 0.4) is 0 Å². The van der Waals surface area contributed by atoms with Crippen molar-refractivity contribution in [2.45, 2.75) is 37.4 Å². The molecule has 0 spiro atoms. The van der Waals surface area contributed by atoms with E-state index in [4.69, 9.17) is 0 Å². The van der Waals surface area contributed by atoms with E-state index in [2.05, 4.69) is 10.6 Å². The van der Waals surface area contributed by atoms with Crippen LogP contribution in [0.25, 0.3) is 0 Å². The standard InChI is InChI=1S/C18H26N4O3/c1-21-9-13(5-14(21)10-23)20-17(24)15-2-3-16-12-4-11(6-19-7-12)8-22(16)18(15)25/h2-3,11-14,19,23H,4-10H2,1H3,(H,20,24)/t11-,12+,13+,14-/m0/s1. The van der Waals surface area contributed by atoms with Crippen LogP contribution in [-0.2, 0) is 6.54 Å². The molecule has 2 saturated heterocycles. The fourth-order valence-corrected chi connectivity index (χ4v) is 4.62. The second kappa shape index (κ2) is 6.55. The van der Waals surface area contributed by atoms with Gasteiger partial charge in [-0.2, -0.15) is 0 Å². The highest BCUT2D eigenvalue weighted by Gasteiger charge is 2.33. The van der Waals surface area contributed by atoms with Crippen molar-refractivity contribution in [2.24, 2.45) is 5.92 Å². The number of piperidine rings is 1. The predicted octanol–water partition coefficient (Wildman–Crippen LogP) is -0.650. The van der Waals surface area contributed by atoms with E-state index in [9.17, 15) is 14.7 Å². The van der Waals surface area contributed by atoms with E-state index in [1.165, 1.54) is 0 Å². The van der Waals surface area contributed by atoms with E-state index < -0.39 is 0 Å². The summed E-state index contributed by atoms with van der Waals surface area (Å²) in [7, 11) is 1.94. The largest absolute Gasteiger partial charge is 0.395 e. The molecule has 0 aliphatic carbocycles. The molecule has 1 amide bonds. The zero-order valence-corrected chi connectivity index (χ0v) is 14.6. The number of hydrogen-bond donors (Lipinski definition) is 3. The number of aliphatic hydroxyl groups excluding tert-OH is 1. The van der Waals surface area contributed by atoms with Gasteiger partial charge in [-0.15, -0.1) is 0 Å². The Hall–Kier alpha value is -1.70. The lowest BCUT2D eigenvalue weighted by molar-refractivity contribution is 0.0935. The van der Waals surface area contributed by atoms with Gasteiger partial charge >= 0.3 is 0 Å². The van der Waals surface area contributed by atoms with Crippen LogP contribution in [0.5, 0.6) is 0 Å². The van der Waals surface area contributed by atoms with Crippen molar-refractivity contribution in [3.8, 4) is 0 Å². The number of rotatable bonds is 3. The molecule has 3 N–H and O–H groups in total. The van der Waals surface area contributed by atoms with Crippen LogP contribution in [0.4, 0.5) is 0 Å². The van der Waals surface area contributed by atoms with Crippen molar-refractivity contribution < 1.29 is 9.90 Å². The van der Waals surface area contributed by atoms with Gasteiger partial charge in [0.1, 0.15) is 5.56 Å². The molecular weight excluding hydrogens is 320 g/mol. The predicted molar refractivity (Wildman–Crippen MR) is 93.8 cm³/mol. The Kier molecular flexibility index (Phi) is 4.39. The molecule has 25 heavy (non-hydrogen) atoms. The zero-order chi connectivity index (χ0) is 17.6. The minimum absolute atomic E-state index is 0.0290. The normalized spacial score (nSPS) is 31.6. The number of nitrogens with one attached hydrogen (secondary N) is 2. The van der Waals surface area contributed by atoms with Crippen molar-refractivity contribution in [1.82, 2.24) is 20.1 Å². The summed E-state index contributed by atoms with van der Waals surface area (Å²) in [4.78, 5) is 27.6. The molecule has 3 aliphatic rings. The lowest BCUT2D eigenvalue weighted by Crippen LogP contribution is -2.47. The highest BCUT2D eigenvalue weighted by atomic mass is 16.3. The smallest absolute Gasteiger partial charge is 0.263 e. The monoisotopic (exact) mass is 346 g/mol. The van der Waals surface area contributed by atoms with Crippen LogP contribution >= 0.6 is 0 Å². The van der Waals surface area contributed by atoms with Gasteiger partial charge in [0.25, 0.3) is 11.5 Å². The average molecular weight is 346 g/mol. The maximum atomic E-state index is 12.9. The molecule has 1 aromatic heterocycles. The van der Waals surface area contributed by atoms with Crippen LogP contribution in [0.1, 0.15) is 34.8 Å². The Bertz CT molecular complexity index is 732. The van der Waals surface area contributed by atoms with Crippen LogP contribution in [-0.4, -0.2) is 65.9 Å². The fraction of sp³-hybridized carbons (Fsp3) is 0.667. The van der Waals surface area contributed by atoms with Crippen LogP contribution in [0, 0.1) is 5.92 Å². The Morgan fingerprint density at radius 3 is 2.92 bits per heavy atom. The molecule has 4 rings (SSSR count). The first kappa shape index (κ1) is 16.8. The molecule has 7 nitrogen and oxygen atoms in total. The summed E-state index contributed by atoms with van der Waals surface area (Å²) in [5, 5.41) is 15.7. The number of likely N-dealkylation sites (tertiary alicyclic amines) is 1. The van der Waals surface area contributed by atoms with Gasteiger partial charge in [-0.25, -0.2) is 0 Å². The first-order chi connectivity index (χ1) is 12.1. The molecule has 0 unspecified atom stereocenters. The number of aromatic nitrogens is 1. The third kappa shape index (κ3) is 3.01. The number of hydrogen-bond acceptors (Lipinski definition) is 5. The van der Waals surface area contributed by atoms with Crippen molar-refractivity contribution in [1.29, 1.82) is 0 Å². The van der Waals surface area contributed by atoms with E-state index in [1.54, 1.807) is 6.07 Å². The van der Waals surface area contributed by atoms with Crippen LogP contribution in [0.2, 0.25) is 0 Å². The molecule has 4 atom stereocenters. The summed E-state index contributed by atoms with van der Waals surface area (Å²) < 4.78 is 1.81. The number of amides is 1. The van der Waals surface area contributed by atoms with Crippen LogP contribution < -0.4 is 16.2 Å². The second-order valence-electron chi connectivity index (χ2n) is 7.73. The SMILES string of the molecule is CN1C[C@H](NC(=O)c2ccc3n(c2=O)C[C@@H]2CNC[C@H]3C2)C[C@H]1CO. The Balaban J connectivity index is 1.54. The van der Waals surface area contributed by atoms with Gasteiger partial charge in [-0.3, -0.25) is 14.5 Å². The summed E-state index contributed by atoms with van der Waals surface area (Å²) >= 11 is 0. The summed E-state index contributed by atoms with van der Waals surface area (Å²) in [6.45, 7) is 3.31. The van der Waals surface area contributed by atoms with Gasteiger partial charge in [0.15, 0.2) is 0 Å². The molecular formula is C18H26N4O3. The number of nitrogens with zero attached hydrogens (tertiary/aromatic N) is 2. The lowest BCUT2D eigenvalue weighted by atomic mass is 9.84. The van der Waals surface area contributed by atoms with E-state index in [-0.39, 0.29) is 35.7 Å². The Morgan fingerprint density at radius 1 is 1.32 bits per heavy atom. The van der Waals surface area contributed by atoms with E-state index in [1.807, 2.05) is 22.6 Å². The first-order valence-corrected chi connectivity index (χ1v) is 9.13. The maximum absolute atomic E-state index is 12.9. The second-order valence-corrected chi connectivity index (χ2v) is 7.73. The molecule has 1 aromatic rings. The number of aliphatic hydroxyl groups is 1. The molecule has 7 heteroatoms. The minimum Gasteiger partial charge on any atom is -0.395 e. The summed E-state index contributed by atoms with van der Waals surface area (Å²) in [6, 6.07) is 3.67. The summed E-state index contributed by atoms with van der Waals surface area (Å²) in [5.74, 6) is 0.535. The summed E-state index contributed by atoms with van der Waals surface area (Å²) in [6.07, 6.45) is 1.83. The maximum Gasteiger partial charge on any atom is 0.263 e. The number of carbonyl (C=O) groups excluding carboxylic acids is 1. The summed E-state index contributed by atoms with van der Waals surface area (Å²) in [5.41, 5.74) is 1.11. The van der Waals surface area contributed by atoms with Gasteiger partial charge in [0, 0.05) is 43.3 Å². The molecule has 0 saturated carbocycles. The highest BCUT2D eigenvalue weighted by Crippen LogP contribution is 2.31. The number of fused-ring (bicyclic) bond motifs is 4. The van der Waals surface area contributed by atoms with Gasteiger partial charge in [0.2, 0.25) is 0 Å². The van der Waals surface area contributed by atoms with Crippen molar-refractivity contribution in [3.63, 3.8) is 0 Å². The highest BCUT2D eigenvalue weighted by molar-refractivity contribution is 5.94. The average Bonchev–Trinajstić information content (AvgIpc) is 2.95. The molecule has 136 valence electrons. The van der Waals surface area contributed by atoms with Gasteiger partial charge in [0.05, 0.1) is 6.61 Å². The van der Waals surface area contributed by atoms with Gasteiger partial charge < -0.3 is 20.3 Å². The molecule has 2 bridgehead atoms. The van der Waals surface area contributed by atoms with Crippen molar-refractivity contribution in [2.75, 3.05) is 33.3 Å². The van der Waals surface area contributed by atoms with Crippen LogP contribution in [0.15, 0.2) is 16.9 Å². The third-order valence-electron chi connectivity index (χ3n) is 5.99. The van der Waals surface area contributed by atoms with Crippen molar-refractivity contribution in [3.05, 3.63) is 33.7 Å². The molecule has 0 aromatic carbocycles. The van der Waals surface area contributed by atoms with E-state index in [0.717, 1.165) is 25.2 Å². The molecule has 3 aliphatic heterocycles. The topological polar surface area (TPSA) is 86.6 Å². The van der Waals surface area contributed by atoms with Gasteiger partial charge in [-0.05, 0) is 44.5 Å². The lowest BCUT2D eigenvalue weighted by Gasteiger charge is -2.37. The number of carbonyl (C=O) groups is 1.